The zero-order valence-electron chi connectivity index (χ0n) is 11.3. The minimum absolute atomic E-state index is 0.201. The smallest absolute Gasteiger partial charge is 0.326 e. The van der Waals surface area contributed by atoms with Crippen molar-refractivity contribution in [3.05, 3.63) is 0 Å². The van der Waals surface area contributed by atoms with Gasteiger partial charge in [0.1, 0.15) is 6.04 Å². The molecule has 0 aliphatic carbocycles. The minimum atomic E-state index is -0.952. The van der Waals surface area contributed by atoms with Crippen molar-refractivity contribution in [1.82, 2.24) is 15.1 Å². The maximum Gasteiger partial charge on any atom is 0.326 e. The summed E-state index contributed by atoms with van der Waals surface area (Å²) in [5.74, 6) is -0.952. The maximum atomic E-state index is 12.2. The summed E-state index contributed by atoms with van der Waals surface area (Å²) in [7, 11) is 3.31. The molecule has 1 unspecified atom stereocenters. The number of likely N-dealkylation sites (N-methyl/N-ethyl adjacent to an activating group) is 1. The van der Waals surface area contributed by atoms with Crippen LogP contribution in [0.5, 0.6) is 0 Å². The van der Waals surface area contributed by atoms with E-state index in [-0.39, 0.29) is 12.1 Å². The molecule has 1 saturated heterocycles. The Morgan fingerprint density at radius 1 is 1.33 bits per heavy atom. The molecule has 6 heteroatoms. The van der Waals surface area contributed by atoms with E-state index in [0.717, 1.165) is 25.9 Å². The summed E-state index contributed by atoms with van der Waals surface area (Å²) < 4.78 is 0. The fourth-order valence-corrected chi connectivity index (χ4v) is 2.35. The lowest BCUT2D eigenvalue weighted by Crippen LogP contribution is -2.52. The van der Waals surface area contributed by atoms with Crippen LogP contribution in [0.2, 0.25) is 0 Å². The molecule has 104 valence electrons. The van der Waals surface area contributed by atoms with Crippen molar-refractivity contribution in [2.75, 3.05) is 27.2 Å². The highest BCUT2D eigenvalue weighted by Crippen LogP contribution is 2.13. The van der Waals surface area contributed by atoms with Gasteiger partial charge in [0, 0.05) is 20.1 Å². The number of carbonyl (C=O) groups is 2. The Labute approximate surface area is 108 Å². The summed E-state index contributed by atoms with van der Waals surface area (Å²) >= 11 is 0. The molecule has 2 amide bonds. The lowest BCUT2D eigenvalue weighted by Gasteiger charge is -2.35. The van der Waals surface area contributed by atoms with Crippen LogP contribution in [-0.2, 0) is 4.79 Å². The van der Waals surface area contributed by atoms with Crippen LogP contribution in [0.3, 0.4) is 0 Å². The molecule has 0 bridgehead atoms. The molecule has 1 heterocycles. The van der Waals surface area contributed by atoms with Crippen LogP contribution in [-0.4, -0.2) is 66.2 Å². The van der Waals surface area contributed by atoms with E-state index in [4.69, 9.17) is 5.11 Å². The molecule has 0 spiro atoms. The maximum absolute atomic E-state index is 12.2. The summed E-state index contributed by atoms with van der Waals surface area (Å²) in [5, 5.41) is 12.3. The fraction of sp³-hybridized carbons (Fsp3) is 0.833. The number of urea groups is 1. The van der Waals surface area contributed by atoms with Crippen LogP contribution >= 0.6 is 0 Å². The van der Waals surface area contributed by atoms with Crippen molar-refractivity contribution < 1.29 is 14.7 Å². The molecule has 1 fully saturated rings. The SMILES string of the molecule is CCC(C(=O)O)N(C)C(=O)N(C)C1CCNCC1. The Morgan fingerprint density at radius 3 is 2.33 bits per heavy atom. The summed E-state index contributed by atoms with van der Waals surface area (Å²) in [5.41, 5.74) is 0. The van der Waals surface area contributed by atoms with Gasteiger partial charge in [-0.2, -0.15) is 0 Å². The zero-order chi connectivity index (χ0) is 13.7. The molecule has 1 aliphatic rings. The highest BCUT2D eigenvalue weighted by Gasteiger charge is 2.30. The van der Waals surface area contributed by atoms with Crippen molar-refractivity contribution in [3.8, 4) is 0 Å². The number of nitrogens with one attached hydrogen (secondary N) is 1. The third-order valence-electron chi connectivity index (χ3n) is 3.60. The van der Waals surface area contributed by atoms with E-state index >= 15 is 0 Å². The van der Waals surface area contributed by atoms with Gasteiger partial charge in [-0.05, 0) is 32.4 Å². The van der Waals surface area contributed by atoms with Crippen molar-refractivity contribution in [2.45, 2.75) is 38.3 Å². The lowest BCUT2D eigenvalue weighted by molar-refractivity contribution is -0.142. The Bertz CT molecular complexity index is 303. The normalized spacial score (nSPS) is 18.2. The van der Waals surface area contributed by atoms with Gasteiger partial charge in [-0.3, -0.25) is 0 Å². The number of carboxylic acids is 1. The van der Waals surface area contributed by atoms with Crippen molar-refractivity contribution >= 4 is 12.0 Å². The van der Waals surface area contributed by atoms with E-state index in [1.807, 2.05) is 0 Å². The minimum Gasteiger partial charge on any atom is -0.480 e. The average Bonchev–Trinajstić information content (AvgIpc) is 2.38. The Hall–Kier alpha value is -1.30. The van der Waals surface area contributed by atoms with Crippen molar-refractivity contribution in [1.29, 1.82) is 0 Å². The molecule has 0 saturated carbocycles. The van der Waals surface area contributed by atoms with Crippen LogP contribution in [0.25, 0.3) is 0 Å². The second kappa shape index (κ2) is 6.58. The third-order valence-corrected chi connectivity index (χ3v) is 3.60. The quantitative estimate of drug-likeness (QED) is 0.773. The van der Waals surface area contributed by atoms with E-state index < -0.39 is 12.0 Å². The van der Waals surface area contributed by atoms with Crippen molar-refractivity contribution in [2.24, 2.45) is 0 Å². The first kappa shape index (κ1) is 14.8. The molecule has 1 aliphatic heterocycles. The fourth-order valence-electron chi connectivity index (χ4n) is 2.35. The molecule has 18 heavy (non-hydrogen) atoms. The number of rotatable bonds is 4. The second-order valence-corrected chi connectivity index (χ2v) is 4.75. The third kappa shape index (κ3) is 3.35. The molecule has 1 rings (SSSR count). The van der Waals surface area contributed by atoms with Crippen LogP contribution < -0.4 is 5.32 Å². The number of hydrogen-bond donors (Lipinski definition) is 2. The van der Waals surface area contributed by atoms with Gasteiger partial charge in [-0.15, -0.1) is 0 Å². The zero-order valence-corrected chi connectivity index (χ0v) is 11.3. The second-order valence-electron chi connectivity index (χ2n) is 4.75. The van der Waals surface area contributed by atoms with Gasteiger partial charge in [-0.25, -0.2) is 9.59 Å². The van der Waals surface area contributed by atoms with Gasteiger partial charge in [0.2, 0.25) is 0 Å². The molecule has 6 nitrogen and oxygen atoms in total. The molecule has 2 N–H and O–H groups in total. The van der Waals surface area contributed by atoms with Crippen molar-refractivity contribution in [3.63, 3.8) is 0 Å². The standard InChI is InChI=1S/C12H23N3O3/c1-4-10(11(16)17)15(3)12(18)14(2)9-5-7-13-8-6-9/h9-10,13H,4-8H2,1-3H3,(H,16,17). The first-order chi connectivity index (χ1) is 8.49. The highest BCUT2D eigenvalue weighted by molar-refractivity contribution is 5.82. The van der Waals surface area contributed by atoms with Gasteiger partial charge < -0.3 is 20.2 Å². The number of carbonyl (C=O) groups excluding carboxylic acids is 1. The predicted molar refractivity (Wildman–Crippen MR) is 68.5 cm³/mol. The number of nitrogens with zero attached hydrogens (tertiary/aromatic N) is 2. The molecular weight excluding hydrogens is 234 g/mol. The first-order valence-corrected chi connectivity index (χ1v) is 6.42. The van der Waals surface area contributed by atoms with Gasteiger partial charge in [-0.1, -0.05) is 6.92 Å². The van der Waals surface area contributed by atoms with Gasteiger partial charge in [0.05, 0.1) is 0 Å². The average molecular weight is 257 g/mol. The van der Waals surface area contributed by atoms with Gasteiger partial charge in [0.15, 0.2) is 0 Å². The van der Waals surface area contributed by atoms with Crippen LogP contribution in [0.4, 0.5) is 4.79 Å². The van der Waals surface area contributed by atoms with Crippen LogP contribution in [0.15, 0.2) is 0 Å². The monoisotopic (exact) mass is 257 g/mol. The van der Waals surface area contributed by atoms with E-state index in [1.165, 1.54) is 4.90 Å². The number of hydrogen-bond acceptors (Lipinski definition) is 3. The summed E-state index contributed by atoms with van der Waals surface area (Å²) in [6, 6.07) is -0.759. The first-order valence-electron chi connectivity index (χ1n) is 6.42. The molecule has 0 aromatic heterocycles. The topological polar surface area (TPSA) is 72.9 Å². The molecular formula is C12H23N3O3. The Kier molecular flexibility index (Phi) is 5.40. The lowest BCUT2D eigenvalue weighted by atomic mass is 10.1. The highest BCUT2D eigenvalue weighted by atomic mass is 16.4. The Balaban J connectivity index is 2.63. The molecule has 0 aromatic rings. The largest absolute Gasteiger partial charge is 0.480 e. The van der Waals surface area contributed by atoms with Gasteiger partial charge >= 0.3 is 12.0 Å². The van der Waals surface area contributed by atoms with Gasteiger partial charge in [0.25, 0.3) is 0 Å². The number of aliphatic carboxylic acids is 1. The molecule has 0 radical (unpaired) electrons. The summed E-state index contributed by atoms with van der Waals surface area (Å²) in [4.78, 5) is 26.3. The number of amides is 2. The molecule has 0 aromatic carbocycles. The number of carboxylic acid groups (broad SMARTS) is 1. The van der Waals surface area contributed by atoms with E-state index in [9.17, 15) is 9.59 Å². The summed E-state index contributed by atoms with van der Waals surface area (Å²) in [6.45, 7) is 3.58. The predicted octanol–water partition coefficient (Wildman–Crippen LogP) is 0.585. The Morgan fingerprint density at radius 2 is 1.89 bits per heavy atom. The van der Waals surface area contributed by atoms with E-state index in [1.54, 1.807) is 25.9 Å². The van der Waals surface area contributed by atoms with Crippen LogP contribution in [0.1, 0.15) is 26.2 Å². The van der Waals surface area contributed by atoms with Crippen LogP contribution in [0, 0.1) is 0 Å². The van der Waals surface area contributed by atoms with E-state index in [0.29, 0.717) is 6.42 Å². The van der Waals surface area contributed by atoms with E-state index in [2.05, 4.69) is 5.32 Å². The summed E-state index contributed by atoms with van der Waals surface area (Å²) in [6.07, 6.45) is 2.25. The molecule has 1 atom stereocenters. The number of piperidine rings is 1.